The zero-order chi connectivity index (χ0) is 11.7. The van der Waals surface area contributed by atoms with Crippen LogP contribution in [0.2, 0.25) is 0 Å². The average molecular weight is 218 g/mol. The van der Waals surface area contributed by atoms with E-state index in [1.54, 1.807) is 0 Å². The van der Waals surface area contributed by atoms with Crippen molar-refractivity contribution in [2.45, 2.75) is 19.4 Å². The molecule has 0 aromatic rings. The number of hydrogen-bond acceptors (Lipinski definition) is 5. The van der Waals surface area contributed by atoms with Gasteiger partial charge in [-0.15, -0.1) is 0 Å². The van der Waals surface area contributed by atoms with Crippen LogP contribution in [-0.2, 0) is 9.53 Å². The fraction of sp³-hybridized carbons (Fsp3) is 0.750. The summed E-state index contributed by atoms with van der Waals surface area (Å²) in [5.41, 5.74) is 10.2. The van der Waals surface area contributed by atoms with Crippen LogP contribution in [0.4, 0.5) is 0 Å². The zero-order valence-electron chi connectivity index (χ0n) is 8.77. The predicted octanol–water partition coefficient (Wildman–Crippen LogP) is -1.40. The molecule has 88 valence electrons. The summed E-state index contributed by atoms with van der Waals surface area (Å²) < 4.78 is 4.93. The highest BCUT2D eigenvalue weighted by molar-refractivity contribution is 5.80. The maximum absolute atomic E-state index is 10.3. The maximum atomic E-state index is 10.3. The van der Waals surface area contributed by atoms with Crippen molar-refractivity contribution in [3.8, 4) is 0 Å². The van der Waals surface area contributed by atoms with E-state index in [1.165, 1.54) is 0 Å². The second-order valence-corrected chi connectivity index (χ2v) is 3.17. The number of hydrogen-bond donors (Lipinski definition) is 4. The molecule has 6 N–H and O–H groups in total. The van der Waals surface area contributed by atoms with E-state index in [0.717, 1.165) is 0 Å². The highest BCUT2D eigenvalue weighted by atomic mass is 16.5. The van der Waals surface area contributed by atoms with Crippen LogP contribution in [0.15, 0.2) is 5.16 Å². The number of carbonyl (C=O) groups excluding carboxylic acids is 1. The Balaban J connectivity index is 3.39. The van der Waals surface area contributed by atoms with Crippen molar-refractivity contribution < 1.29 is 14.7 Å². The Morgan fingerprint density at radius 2 is 2.27 bits per heavy atom. The molecule has 0 saturated heterocycles. The van der Waals surface area contributed by atoms with Crippen LogP contribution in [0.1, 0.15) is 13.3 Å². The largest absolute Gasteiger partial charge is 0.409 e. The van der Waals surface area contributed by atoms with E-state index in [1.807, 2.05) is 6.92 Å². The molecule has 0 aromatic carbocycles. The Kier molecular flexibility index (Phi) is 7.29. The van der Waals surface area contributed by atoms with Crippen molar-refractivity contribution >= 4 is 11.7 Å². The van der Waals surface area contributed by atoms with E-state index >= 15 is 0 Å². The molecule has 0 spiro atoms. The summed E-state index contributed by atoms with van der Waals surface area (Å²) in [7, 11) is 0. The molecular weight excluding hydrogens is 200 g/mol. The summed E-state index contributed by atoms with van der Waals surface area (Å²) in [4.78, 5) is 10.3. The van der Waals surface area contributed by atoms with Gasteiger partial charge in [0.05, 0.1) is 6.61 Å². The SMILES string of the molecule is CC(CC(N)=NO)NCCOCC(N)=O. The molecule has 0 aliphatic rings. The minimum Gasteiger partial charge on any atom is -0.409 e. The van der Waals surface area contributed by atoms with Gasteiger partial charge in [0.1, 0.15) is 12.4 Å². The summed E-state index contributed by atoms with van der Waals surface area (Å²) in [6, 6.07) is 0.0816. The predicted molar refractivity (Wildman–Crippen MR) is 55.5 cm³/mol. The van der Waals surface area contributed by atoms with Gasteiger partial charge in [-0.25, -0.2) is 0 Å². The first kappa shape index (κ1) is 13.7. The van der Waals surface area contributed by atoms with Gasteiger partial charge in [0, 0.05) is 19.0 Å². The quantitative estimate of drug-likeness (QED) is 0.131. The van der Waals surface area contributed by atoms with Crippen LogP contribution in [0.5, 0.6) is 0 Å². The van der Waals surface area contributed by atoms with Crippen molar-refractivity contribution in [1.29, 1.82) is 0 Å². The zero-order valence-corrected chi connectivity index (χ0v) is 8.77. The summed E-state index contributed by atoms with van der Waals surface area (Å²) in [6.45, 7) is 2.79. The topological polar surface area (TPSA) is 123 Å². The van der Waals surface area contributed by atoms with Crippen LogP contribution >= 0.6 is 0 Å². The minimum absolute atomic E-state index is 0.0731. The number of primary amides is 1. The smallest absolute Gasteiger partial charge is 0.243 e. The molecule has 1 atom stereocenters. The summed E-state index contributed by atoms with van der Waals surface area (Å²) in [5, 5.41) is 14.2. The van der Waals surface area contributed by atoms with Crippen LogP contribution < -0.4 is 16.8 Å². The molecule has 0 heterocycles. The lowest BCUT2D eigenvalue weighted by Crippen LogP contribution is -2.34. The van der Waals surface area contributed by atoms with Gasteiger partial charge in [-0.3, -0.25) is 4.79 Å². The van der Waals surface area contributed by atoms with E-state index in [0.29, 0.717) is 19.6 Å². The van der Waals surface area contributed by atoms with Crippen molar-refractivity contribution in [2.24, 2.45) is 16.6 Å². The van der Waals surface area contributed by atoms with E-state index in [9.17, 15) is 4.79 Å². The number of rotatable bonds is 8. The lowest BCUT2D eigenvalue weighted by atomic mass is 10.2. The van der Waals surface area contributed by atoms with Gasteiger partial charge in [0.2, 0.25) is 5.91 Å². The molecule has 0 aromatic heterocycles. The Hall–Kier alpha value is -1.34. The third-order valence-electron chi connectivity index (χ3n) is 1.63. The van der Waals surface area contributed by atoms with Gasteiger partial charge in [0.15, 0.2) is 0 Å². The molecule has 0 aliphatic carbocycles. The Morgan fingerprint density at radius 3 is 2.80 bits per heavy atom. The van der Waals surface area contributed by atoms with Gasteiger partial charge in [0.25, 0.3) is 0 Å². The number of nitrogens with zero attached hydrogens (tertiary/aromatic N) is 1. The Morgan fingerprint density at radius 1 is 1.60 bits per heavy atom. The molecule has 1 amide bonds. The van der Waals surface area contributed by atoms with Crippen molar-refractivity contribution in [3.63, 3.8) is 0 Å². The fourth-order valence-corrected chi connectivity index (χ4v) is 0.977. The number of oxime groups is 1. The van der Waals surface area contributed by atoms with Gasteiger partial charge in [-0.2, -0.15) is 0 Å². The van der Waals surface area contributed by atoms with Crippen molar-refractivity contribution in [1.82, 2.24) is 5.32 Å². The first-order chi connectivity index (χ1) is 7.06. The normalized spacial score (nSPS) is 13.8. The molecule has 0 radical (unpaired) electrons. The summed E-state index contributed by atoms with van der Waals surface area (Å²) in [5.74, 6) is -0.312. The van der Waals surface area contributed by atoms with E-state index < -0.39 is 5.91 Å². The van der Waals surface area contributed by atoms with Gasteiger partial charge < -0.3 is 26.7 Å². The number of amides is 1. The molecule has 1 unspecified atom stereocenters. The van der Waals surface area contributed by atoms with E-state index in [4.69, 9.17) is 21.4 Å². The highest BCUT2D eigenvalue weighted by Crippen LogP contribution is 1.89. The molecule has 0 aliphatic heterocycles. The first-order valence-corrected chi connectivity index (χ1v) is 4.62. The molecular formula is C8H18N4O3. The lowest BCUT2D eigenvalue weighted by molar-refractivity contribution is -0.122. The molecule has 7 heteroatoms. The van der Waals surface area contributed by atoms with Gasteiger partial charge >= 0.3 is 0 Å². The van der Waals surface area contributed by atoms with Crippen LogP contribution in [0, 0.1) is 0 Å². The molecule has 0 bridgehead atoms. The van der Waals surface area contributed by atoms with Crippen molar-refractivity contribution in [2.75, 3.05) is 19.8 Å². The standard InChI is InChI=1S/C8H18N4O3/c1-6(4-7(9)12-14)11-2-3-15-5-8(10)13/h6,11,14H,2-5H2,1H3,(H2,9,12)(H2,10,13). The monoisotopic (exact) mass is 218 g/mol. The number of amidine groups is 1. The van der Waals surface area contributed by atoms with Crippen molar-refractivity contribution in [3.05, 3.63) is 0 Å². The Labute approximate surface area is 88.4 Å². The average Bonchev–Trinajstić information content (AvgIpc) is 2.16. The number of nitrogens with two attached hydrogens (primary N) is 2. The first-order valence-electron chi connectivity index (χ1n) is 4.62. The second-order valence-electron chi connectivity index (χ2n) is 3.17. The third kappa shape index (κ3) is 8.98. The van der Waals surface area contributed by atoms with Crippen LogP contribution in [-0.4, -0.2) is 42.8 Å². The summed E-state index contributed by atoms with van der Waals surface area (Å²) in [6.07, 6.45) is 0.451. The third-order valence-corrected chi connectivity index (χ3v) is 1.63. The number of carbonyl (C=O) groups is 1. The van der Waals surface area contributed by atoms with E-state index in [-0.39, 0.29) is 18.5 Å². The molecule has 0 saturated carbocycles. The van der Waals surface area contributed by atoms with Crippen LogP contribution in [0.3, 0.4) is 0 Å². The second kappa shape index (κ2) is 8.01. The van der Waals surface area contributed by atoms with E-state index in [2.05, 4.69) is 10.5 Å². The molecule has 0 fully saturated rings. The molecule has 15 heavy (non-hydrogen) atoms. The molecule has 7 nitrogen and oxygen atoms in total. The number of nitrogens with one attached hydrogen (secondary N) is 1. The minimum atomic E-state index is -0.486. The fourth-order valence-electron chi connectivity index (χ4n) is 0.977. The highest BCUT2D eigenvalue weighted by Gasteiger charge is 2.03. The Bertz CT molecular complexity index is 220. The molecule has 0 rings (SSSR count). The van der Waals surface area contributed by atoms with Gasteiger partial charge in [-0.05, 0) is 6.92 Å². The summed E-state index contributed by atoms with van der Waals surface area (Å²) >= 11 is 0. The van der Waals surface area contributed by atoms with Gasteiger partial charge in [-0.1, -0.05) is 5.16 Å². The number of ether oxygens (including phenoxy) is 1. The lowest BCUT2D eigenvalue weighted by Gasteiger charge is -2.12. The maximum Gasteiger partial charge on any atom is 0.243 e. The van der Waals surface area contributed by atoms with Crippen LogP contribution in [0.25, 0.3) is 0 Å².